The summed E-state index contributed by atoms with van der Waals surface area (Å²) in [4.78, 5) is 11.2. The fraction of sp³-hybridized carbons (Fsp3) is 0.125. The molecule has 1 nitrogen and oxygen atoms in total. The molecule has 11 heavy (non-hydrogen) atoms. The Morgan fingerprint density at radius 2 is 2.27 bits per heavy atom. The third kappa shape index (κ3) is 1.80. The number of benzene rings is 1. The summed E-state index contributed by atoms with van der Waals surface area (Å²) < 4.78 is 12.5. The molecule has 0 heterocycles. The van der Waals surface area contributed by atoms with Gasteiger partial charge in [0.15, 0.2) is 6.29 Å². The normalized spacial score (nSPS) is 9.64. The molecule has 0 spiro atoms. The van der Waals surface area contributed by atoms with Crippen molar-refractivity contribution < 1.29 is 9.18 Å². The number of hydrogen-bond acceptors (Lipinski definition) is 2. The highest BCUT2D eigenvalue weighted by Crippen LogP contribution is 2.19. The molecule has 0 saturated heterocycles. The lowest BCUT2D eigenvalue weighted by Crippen LogP contribution is -1.85. The highest BCUT2D eigenvalue weighted by molar-refractivity contribution is 7.98. The molecule has 0 fully saturated rings. The zero-order chi connectivity index (χ0) is 8.27. The summed E-state index contributed by atoms with van der Waals surface area (Å²) in [6.07, 6.45) is 2.51. The van der Waals surface area contributed by atoms with Gasteiger partial charge in [0.2, 0.25) is 0 Å². The Kier molecular flexibility index (Phi) is 2.65. The van der Waals surface area contributed by atoms with Crippen LogP contribution in [0.1, 0.15) is 10.4 Å². The Hall–Kier alpha value is -0.830. The second-order valence-electron chi connectivity index (χ2n) is 2.00. The molecule has 0 saturated carbocycles. The standard InChI is InChI=1S/C8H7FOS/c1-11-8-3-2-7(9)4-6(8)5-10/h2-5H,1H3. The molecule has 1 aromatic carbocycles. The van der Waals surface area contributed by atoms with Crippen LogP contribution < -0.4 is 0 Å². The molecule has 58 valence electrons. The predicted octanol–water partition coefficient (Wildman–Crippen LogP) is 2.36. The smallest absolute Gasteiger partial charge is 0.151 e. The van der Waals surface area contributed by atoms with Crippen molar-refractivity contribution in [2.45, 2.75) is 4.90 Å². The number of halogens is 1. The third-order valence-electron chi connectivity index (χ3n) is 1.32. The number of rotatable bonds is 2. The molecule has 1 rings (SSSR count). The molecule has 0 N–H and O–H groups in total. The highest BCUT2D eigenvalue weighted by atomic mass is 32.2. The number of thioether (sulfide) groups is 1. The average molecular weight is 170 g/mol. The topological polar surface area (TPSA) is 17.1 Å². The minimum absolute atomic E-state index is 0.370. The van der Waals surface area contributed by atoms with Gasteiger partial charge in [0, 0.05) is 10.5 Å². The number of aldehydes is 1. The lowest BCUT2D eigenvalue weighted by molar-refractivity contribution is 0.112. The van der Waals surface area contributed by atoms with Crippen molar-refractivity contribution in [2.75, 3.05) is 6.26 Å². The van der Waals surface area contributed by atoms with Crippen molar-refractivity contribution in [1.82, 2.24) is 0 Å². The zero-order valence-corrected chi connectivity index (χ0v) is 6.82. The minimum atomic E-state index is -0.370. The van der Waals surface area contributed by atoms with E-state index in [0.717, 1.165) is 4.90 Å². The van der Waals surface area contributed by atoms with Gasteiger partial charge in [-0.1, -0.05) is 0 Å². The summed E-state index contributed by atoms with van der Waals surface area (Å²) in [6.45, 7) is 0. The number of carbonyl (C=O) groups excluding carboxylic acids is 1. The molecule has 0 amide bonds. The SMILES string of the molecule is CSc1ccc(F)cc1C=O. The van der Waals surface area contributed by atoms with E-state index in [4.69, 9.17) is 0 Å². The van der Waals surface area contributed by atoms with Crippen LogP contribution in [0.25, 0.3) is 0 Å². The summed E-state index contributed by atoms with van der Waals surface area (Å²) in [7, 11) is 0. The van der Waals surface area contributed by atoms with E-state index in [-0.39, 0.29) is 5.82 Å². The molecular weight excluding hydrogens is 163 g/mol. The van der Waals surface area contributed by atoms with E-state index in [9.17, 15) is 9.18 Å². The maximum absolute atomic E-state index is 12.5. The van der Waals surface area contributed by atoms with Gasteiger partial charge in [-0.2, -0.15) is 0 Å². The fourth-order valence-electron chi connectivity index (χ4n) is 0.797. The number of carbonyl (C=O) groups is 1. The van der Waals surface area contributed by atoms with E-state index in [1.807, 2.05) is 6.26 Å². The van der Waals surface area contributed by atoms with Crippen molar-refractivity contribution >= 4 is 18.0 Å². The second-order valence-corrected chi connectivity index (χ2v) is 2.85. The summed E-state index contributed by atoms with van der Waals surface area (Å²) >= 11 is 1.43. The first-order chi connectivity index (χ1) is 5.27. The quantitative estimate of drug-likeness (QED) is 0.500. The zero-order valence-electron chi connectivity index (χ0n) is 6.00. The molecule has 0 atom stereocenters. The summed E-state index contributed by atoms with van der Waals surface area (Å²) in [5.41, 5.74) is 0.414. The molecule has 1 aromatic rings. The number of hydrogen-bond donors (Lipinski definition) is 0. The van der Waals surface area contributed by atoms with Crippen LogP contribution in [-0.2, 0) is 0 Å². The maximum Gasteiger partial charge on any atom is 0.151 e. The van der Waals surface area contributed by atoms with E-state index >= 15 is 0 Å². The van der Waals surface area contributed by atoms with Gasteiger partial charge < -0.3 is 0 Å². The van der Waals surface area contributed by atoms with E-state index < -0.39 is 0 Å². The molecule has 3 heteroatoms. The van der Waals surface area contributed by atoms with Crippen LogP contribution in [-0.4, -0.2) is 12.5 Å². The van der Waals surface area contributed by atoms with Gasteiger partial charge in [-0.25, -0.2) is 4.39 Å². The van der Waals surface area contributed by atoms with Gasteiger partial charge in [-0.05, 0) is 24.5 Å². The van der Waals surface area contributed by atoms with Crippen molar-refractivity contribution in [3.63, 3.8) is 0 Å². The highest BCUT2D eigenvalue weighted by Gasteiger charge is 2.00. The molecule has 0 bridgehead atoms. The van der Waals surface area contributed by atoms with E-state index in [1.165, 1.54) is 23.9 Å². The molecule has 0 unspecified atom stereocenters. The third-order valence-corrected chi connectivity index (χ3v) is 2.13. The second kappa shape index (κ2) is 3.53. The largest absolute Gasteiger partial charge is 0.298 e. The van der Waals surface area contributed by atoms with Crippen molar-refractivity contribution in [3.8, 4) is 0 Å². The summed E-state index contributed by atoms with van der Waals surface area (Å²) in [6, 6.07) is 4.18. The predicted molar refractivity (Wildman–Crippen MR) is 43.6 cm³/mol. The van der Waals surface area contributed by atoms with E-state index in [2.05, 4.69) is 0 Å². The van der Waals surface area contributed by atoms with Gasteiger partial charge in [0.1, 0.15) is 5.82 Å². The van der Waals surface area contributed by atoms with E-state index in [1.54, 1.807) is 6.07 Å². The van der Waals surface area contributed by atoms with Crippen LogP contribution >= 0.6 is 11.8 Å². The van der Waals surface area contributed by atoms with E-state index in [0.29, 0.717) is 11.8 Å². The van der Waals surface area contributed by atoms with Gasteiger partial charge in [-0.15, -0.1) is 11.8 Å². The summed E-state index contributed by atoms with van der Waals surface area (Å²) in [5.74, 6) is -0.370. The lowest BCUT2D eigenvalue weighted by Gasteiger charge is -1.98. The van der Waals surface area contributed by atoms with Gasteiger partial charge >= 0.3 is 0 Å². The lowest BCUT2D eigenvalue weighted by atomic mass is 10.2. The van der Waals surface area contributed by atoms with Crippen LogP contribution in [0.5, 0.6) is 0 Å². The molecule has 0 aliphatic carbocycles. The Labute approximate surface area is 68.6 Å². The first-order valence-corrected chi connectivity index (χ1v) is 4.29. The van der Waals surface area contributed by atoms with Crippen LogP contribution in [0.15, 0.2) is 23.1 Å². The van der Waals surface area contributed by atoms with Gasteiger partial charge in [0.05, 0.1) is 0 Å². The van der Waals surface area contributed by atoms with Crippen molar-refractivity contribution in [3.05, 3.63) is 29.6 Å². The Balaban J connectivity index is 3.16. The first kappa shape index (κ1) is 8.27. The Morgan fingerprint density at radius 3 is 2.82 bits per heavy atom. The molecule has 0 radical (unpaired) electrons. The minimum Gasteiger partial charge on any atom is -0.298 e. The fourth-order valence-corrected chi connectivity index (χ4v) is 1.34. The van der Waals surface area contributed by atoms with Crippen molar-refractivity contribution in [2.24, 2.45) is 0 Å². The van der Waals surface area contributed by atoms with Gasteiger partial charge in [-0.3, -0.25) is 4.79 Å². The van der Waals surface area contributed by atoms with Crippen LogP contribution in [0.4, 0.5) is 4.39 Å². The molecular formula is C8H7FOS. The Morgan fingerprint density at radius 1 is 1.55 bits per heavy atom. The first-order valence-electron chi connectivity index (χ1n) is 3.06. The monoisotopic (exact) mass is 170 g/mol. The maximum atomic E-state index is 12.5. The van der Waals surface area contributed by atoms with Crippen LogP contribution in [0, 0.1) is 5.82 Å². The Bertz CT molecular complexity index is 273. The summed E-state index contributed by atoms with van der Waals surface area (Å²) in [5, 5.41) is 0. The van der Waals surface area contributed by atoms with Crippen LogP contribution in [0.2, 0.25) is 0 Å². The average Bonchev–Trinajstić information content (AvgIpc) is 2.04. The van der Waals surface area contributed by atoms with Gasteiger partial charge in [0.25, 0.3) is 0 Å². The molecule has 0 aromatic heterocycles. The van der Waals surface area contributed by atoms with Crippen molar-refractivity contribution in [1.29, 1.82) is 0 Å². The molecule has 0 aliphatic heterocycles. The van der Waals surface area contributed by atoms with Crippen LogP contribution in [0.3, 0.4) is 0 Å². The molecule has 0 aliphatic rings.